The largest absolute Gasteiger partial charge is 0.478 e. The molecule has 19 heavy (non-hydrogen) atoms. The van der Waals surface area contributed by atoms with E-state index in [4.69, 9.17) is 5.11 Å². The summed E-state index contributed by atoms with van der Waals surface area (Å²) in [7, 11) is 0. The minimum atomic E-state index is -1.02. The topological polar surface area (TPSA) is 66.4 Å². The van der Waals surface area contributed by atoms with Crippen molar-refractivity contribution in [1.29, 1.82) is 0 Å². The predicted octanol–water partition coefficient (Wildman–Crippen LogP) is 2.40. The standard InChI is InChI=1S/C14H17NO3S/c1-14(6-3-7-19-14)9-15-12(16)10-4-2-5-11(8-10)13(17)18/h2,4-5,8H,3,6-7,9H2,1H3,(H,15,16)(H,17,18). The van der Waals surface area contributed by atoms with Crippen LogP contribution in [0.25, 0.3) is 0 Å². The normalized spacial score (nSPS) is 22.2. The highest BCUT2D eigenvalue weighted by Gasteiger charge is 2.29. The lowest BCUT2D eigenvalue weighted by molar-refractivity contribution is 0.0697. The second-order valence-electron chi connectivity index (χ2n) is 4.97. The van der Waals surface area contributed by atoms with Crippen molar-refractivity contribution in [3.05, 3.63) is 35.4 Å². The van der Waals surface area contributed by atoms with Gasteiger partial charge in [0.2, 0.25) is 0 Å². The molecule has 1 unspecified atom stereocenters. The number of amides is 1. The molecule has 0 aromatic heterocycles. The highest BCUT2D eigenvalue weighted by Crippen LogP contribution is 2.36. The van der Waals surface area contributed by atoms with Crippen LogP contribution in [-0.2, 0) is 0 Å². The quantitative estimate of drug-likeness (QED) is 0.888. The number of carbonyl (C=O) groups excluding carboxylic acids is 1. The maximum Gasteiger partial charge on any atom is 0.335 e. The predicted molar refractivity (Wildman–Crippen MR) is 75.8 cm³/mol. The number of carbonyl (C=O) groups is 2. The number of thioether (sulfide) groups is 1. The van der Waals surface area contributed by atoms with Gasteiger partial charge in [0, 0.05) is 16.9 Å². The summed E-state index contributed by atoms with van der Waals surface area (Å²) in [6, 6.07) is 6.10. The van der Waals surface area contributed by atoms with E-state index in [0.717, 1.165) is 12.2 Å². The second-order valence-corrected chi connectivity index (χ2v) is 6.65. The third-order valence-corrected chi connectivity index (χ3v) is 4.83. The Bertz CT molecular complexity index is 495. The van der Waals surface area contributed by atoms with Crippen LogP contribution in [0.4, 0.5) is 0 Å². The third kappa shape index (κ3) is 3.50. The van der Waals surface area contributed by atoms with Gasteiger partial charge >= 0.3 is 5.97 Å². The first-order chi connectivity index (χ1) is 9.00. The van der Waals surface area contributed by atoms with E-state index in [1.54, 1.807) is 12.1 Å². The second kappa shape index (κ2) is 5.65. The number of aromatic carboxylic acids is 1. The number of carboxylic acid groups (broad SMARTS) is 1. The van der Waals surface area contributed by atoms with Crippen molar-refractivity contribution >= 4 is 23.6 Å². The molecule has 1 aliphatic rings. The van der Waals surface area contributed by atoms with Crippen LogP contribution in [0.1, 0.15) is 40.5 Å². The summed E-state index contributed by atoms with van der Waals surface area (Å²) >= 11 is 1.88. The molecule has 0 aliphatic carbocycles. The van der Waals surface area contributed by atoms with E-state index >= 15 is 0 Å². The van der Waals surface area contributed by atoms with Crippen molar-refractivity contribution in [2.24, 2.45) is 0 Å². The highest BCUT2D eigenvalue weighted by atomic mass is 32.2. The number of nitrogens with one attached hydrogen (secondary N) is 1. The molecule has 1 aliphatic heterocycles. The van der Waals surface area contributed by atoms with Gasteiger partial charge in [-0.05, 0) is 43.7 Å². The molecule has 2 rings (SSSR count). The SMILES string of the molecule is CC1(CNC(=O)c2cccc(C(=O)O)c2)CCCS1. The van der Waals surface area contributed by atoms with Crippen LogP contribution in [0.5, 0.6) is 0 Å². The van der Waals surface area contributed by atoms with Crippen LogP contribution in [0.2, 0.25) is 0 Å². The van der Waals surface area contributed by atoms with E-state index in [-0.39, 0.29) is 16.2 Å². The van der Waals surface area contributed by atoms with Crippen molar-refractivity contribution in [3.63, 3.8) is 0 Å². The summed E-state index contributed by atoms with van der Waals surface area (Å²) in [5.41, 5.74) is 0.528. The van der Waals surface area contributed by atoms with Gasteiger partial charge in [-0.3, -0.25) is 4.79 Å². The van der Waals surface area contributed by atoms with Gasteiger partial charge in [-0.1, -0.05) is 6.07 Å². The fraction of sp³-hybridized carbons (Fsp3) is 0.429. The van der Waals surface area contributed by atoms with Crippen LogP contribution < -0.4 is 5.32 Å². The van der Waals surface area contributed by atoms with Gasteiger partial charge in [0.15, 0.2) is 0 Å². The van der Waals surface area contributed by atoms with Crippen LogP contribution in [0, 0.1) is 0 Å². The summed E-state index contributed by atoms with van der Waals surface area (Å²) in [5, 5.41) is 11.8. The molecule has 4 nitrogen and oxygen atoms in total. The van der Waals surface area contributed by atoms with Gasteiger partial charge < -0.3 is 10.4 Å². The molecule has 102 valence electrons. The van der Waals surface area contributed by atoms with Crippen molar-refractivity contribution < 1.29 is 14.7 Å². The van der Waals surface area contributed by atoms with Crippen molar-refractivity contribution in [1.82, 2.24) is 5.32 Å². The summed E-state index contributed by atoms with van der Waals surface area (Å²) in [6.07, 6.45) is 2.29. The number of carboxylic acids is 1. The average Bonchev–Trinajstić information content (AvgIpc) is 2.83. The molecule has 0 radical (unpaired) electrons. The lowest BCUT2D eigenvalue weighted by Crippen LogP contribution is -2.36. The van der Waals surface area contributed by atoms with Crippen LogP contribution in [0.15, 0.2) is 24.3 Å². The van der Waals surface area contributed by atoms with Crippen molar-refractivity contribution in [2.45, 2.75) is 24.5 Å². The molecule has 2 N–H and O–H groups in total. The molecule has 0 bridgehead atoms. The van der Waals surface area contributed by atoms with Gasteiger partial charge in [0.05, 0.1) is 5.56 Å². The van der Waals surface area contributed by atoms with E-state index in [9.17, 15) is 9.59 Å². The van der Waals surface area contributed by atoms with Crippen molar-refractivity contribution in [2.75, 3.05) is 12.3 Å². The molecular formula is C14H17NO3S. The van der Waals surface area contributed by atoms with E-state index in [0.29, 0.717) is 12.1 Å². The summed E-state index contributed by atoms with van der Waals surface area (Å²) < 4.78 is 0.111. The first-order valence-electron chi connectivity index (χ1n) is 6.26. The summed E-state index contributed by atoms with van der Waals surface area (Å²) in [6.45, 7) is 2.77. The molecule has 1 aromatic carbocycles. The van der Waals surface area contributed by atoms with Crippen LogP contribution >= 0.6 is 11.8 Å². The van der Waals surface area contributed by atoms with Crippen LogP contribution in [-0.4, -0.2) is 34.0 Å². The number of hydrogen-bond donors (Lipinski definition) is 2. The molecular weight excluding hydrogens is 262 g/mol. The fourth-order valence-corrected chi connectivity index (χ4v) is 3.38. The fourth-order valence-electron chi connectivity index (χ4n) is 2.14. The van der Waals surface area contributed by atoms with Crippen molar-refractivity contribution in [3.8, 4) is 0 Å². The number of rotatable bonds is 4. The molecule has 1 fully saturated rings. The Balaban J connectivity index is 1.99. The first-order valence-corrected chi connectivity index (χ1v) is 7.24. The average molecular weight is 279 g/mol. The van der Waals surface area contributed by atoms with Crippen LogP contribution in [0.3, 0.4) is 0 Å². The zero-order valence-electron chi connectivity index (χ0n) is 10.8. The molecule has 0 saturated carbocycles. The van der Waals surface area contributed by atoms with E-state index in [2.05, 4.69) is 12.2 Å². The van der Waals surface area contributed by atoms with Gasteiger partial charge in [0.1, 0.15) is 0 Å². The Morgan fingerprint density at radius 2 is 2.16 bits per heavy atom. The van der Waals surface area contributed by atoms with E-state index in [1.807, 2.05) is 11.8 Å². The molecule has 1 atom stereocenters. The Hall–Kier alpha value is -1.49. The zero-order valence-corrected chi connectivity index (χ0v) is 11.6. The minimum Gasteiger partial charge on any atom is -0.478 e. The van der Waals surface area contributed by atoms with Gasteiger partial charge in [-0.2, -0.15) is 11.8 Å². The summed E-state index contributed by atoms with van der Waals surface area (Å²) in [5.74, 6) is -0.0919. The maximum atomic E-state index is 12.0. The number of hydrogen-bond acceptors (Lipinski definition) is 3. The molecule has 0 spiro atoms. The first kappa shape index (κ1) is 13.9. The Morgan fingerprint density at radius 3 is 2.79 bits per heavy atom. The van der Waals surface area contributed by atoms with Gasteiger partial charge in [-0.15, -0.1) is 0 Å². The van der Waals surface area contributed by atoms with Gasteiger partial charge in [-0.25, -0.2) is 4.79 Å². The summed E-state index contributed by atoms with van der Waals surface area (Å²) in [4.78, 5) is 22.9. The molecule has 5 heteroatoms. The number of benzene rings is 1. The zero-order chi connectivity index (χ0) is 13.9. The Morgan fingerprint density at radius 1 is 1.42 bits per heavy atom. The van der Waals surface area contributed by atoms with E-state index in [1.165, 1.54) is 18.6 Å². The van der Waals surface area contributed by atoms with Gasteiger partial charge in [0.25, 0.3) is 5.91 Å². The lowest BCUT2D eigenvalue weighted by atomic mass is 10.1. The Labute approximate surface area is 116 Å². The molecule has 1 aromatic rings. The molecule has 1 heterocycles. The third-order valence-electron chi connectivity index (χ3n) is 3.30. The highest BCUT2D eigenvalue weighted by molar-refractivity contribution is 8.00. The molecule has 1 amide bonds. The lowest BCUT2D eigenvalue weighted by Gasteiger charge is -2.22. The van der Waals surface area contributed by atoms with E-state index < -0.39 is 5.97 Å². The molecule has 1 saturated heterocycles. The maximum absolute atomic E-state index is 12.0. The minimum absolute atomic E-state index is 0.111. The Kier molecular flexibility index (Phi) is 4.14. The monoisotopic (exact) mass is 279 g/mol. The smallest absolute Gasteiger partial charge is 0.335 e.